The zero-order valence-electron chi connectivity index (χ0n) is 11.5. The Hall–Kier alpha value is -2.77. The van der Waals surface area contributed by atoms with Gasteiger partial charge in [-0.2, -0.15) is 4.68 Å². The van der Waals surface area contributed by atoms with Gasteiger partial charge < -0.3 is 10.1 Å². The van der Waals surface area contributed by atoms with Crippen LogP contribution in [0.25, 0.3) is 0 Å². The first-order valence-electron chi connectivity index (χ1n) is 6.08. The summed E-state index contributed by atoms with van der Waals surface area (Å²) in [7, 11) is 1.48. The maximum Gasteiger partial charge on any atom is 0.342 e. The maximum atomic E-state index is 13.0. The number of hydrogen-bond acceptors (Lipinski definition) is 5. The number of hydrogen-bond donors (Lipinski definition) is 1. The van der Waals surface area contributed by atoms with Gasteiger partial charge in [0, 0.05) is 18.7 Å². The number of nitrogens with zero attached hydrogens (tertiary/aromatic N) is 3. The summed E-state index contributed by atoms with van der Waals surface area (Å²) in [6, 6.07) is 5.27. The van der Waals surface area contributed by atoms with Crippen molar-refractivity contribution >= 4 is 11.7 Å². The molecule has 0 aliphatic rings. The van der Waals surface area contributed by atoms with E-state index in [4.69, 9.17) is 4.74 Å². The van der Waals surface area contributed by atoms with Crippen molar-refractivity contribution in [1.29, 1.82) is 0 Å². The molecule has 8 heteroatoms. The Kier molecular flexibility index (Phi) is 4.27. The summed E-state index contributed by atoms with van der Waals surface area (Å²) in [5, 5.41) is 9.14. The number of aromatic nitrogens is 2. The van der Waals surface area contributed by atoms with Crippen molar-refractivity contribution in [3.8, 4) is 11.6 Å². The summed E-state index contributed by atoms with van der Waals surface area (Å²) in [5.74, 6) is 0.365. The second-order valence-corrected chi connectivity index (χ2v) is 4.21. The van der Waals surface area contributed by atoms with Gasteiger partial charge in [0.2, 0.25) is 5.88 Å². The largest absolute Gasteiger partial charge is 0.437 e. The number of halogens is 1. The fraction of sp³-hybridized carbons (Fsp3) is 0.231. The molecular weight excluding hydrogens is 279 g/mol. The molecule has 1 heterocycles. The minimum absolute atomic E-state index is 0.113. The van der Waals surface area contributed by atoms with E-state index < -0.39 is 12.7 Å². The molecule has 0 saturated heterocycles. The van der Waals surface area contributed by atoms with Gasteiger partial charge >= 0.3 is 6.03 Å². The normalized spacial score (nSPS) is 10.2. The van der Waals surface area contributed by atoms with Gasteiger partial charge in [-0.1, -0.05) is 0 Å². The van der Waals surface area contributed by atoms with Gasteiger partial charge in [0.15, 0.2) is 0 Å². The fourth-order valence-corrected chi connectivity index (χ4v) is 1.75. The summed E-state index contributed by atoms with van der Waals surface area (Å²) < 4.78 is 19.5. The maximum absolute atomic E-state index is 13.0. The number of alkyl halides is 1. The summed E-state index contributed by atoms with van der Waals surface area (Å²) in [6.07, 6.45) is 0. The number of amides is 1. The Balaban J connectivity index is 2.30. The van der Waals surface area contributed by atoms with Crippen LogP contribution in [0.4, 0.5) is 14.9 Å². The topological polar surface area (TPSA) is 85.6 Å². The van der Waals surface area contributed by atoms with Gasteiger partial charge in [0.05, 0.1) is 5.69 Å². The Morgan fingerprint density at radius 3 is 2.86 bits per heavy atom. The quantitative estimate of drug-likeness (QED) is 0.877. The van der Waals surface area contributed by atoms with Crippen LogP contribution in [0.5, 0.6) is 11.6 Å². The Bertz CT molecular complexity index is 684. The van der Waals surface area contributed by atoms with Crippen LogP contribution >= 0.6 is 0 Å². The van der Waals surface area contributed by atoms with E-state index in [2.05, 4.69) is 15.6 Å². The van der Waals surface area contributed by atoms with Crippen molar-refractivity contribution in [1.82, 2.24) is 15.1 Å². The average Bonchev–Trinajstić information content (AvgIpc) is 2.87. The molecule has 2 rings (SSSR count). The van der Waals surface area contributed by atoms with Gasteiger partial charge in [-0.15, -0.1) is 10.0 Å². The molecule has 110 valence electrons. The van der Waals surface area contributed by atoms with E-state index >= 15 is 0 Å². The van der Waals surface area contributed by atoms with E-state index in [9.17, 15) is 14.1 Å². The van der Waals surface area contributed by atoms with Gasteiger partial charge in [-0.05, 0) is 30.3 Å². The molecule has 1 aromatic heterocycles. The number of rotatable bonds is 4. The van der Waals surface area contributed by atoms with E-state index in [0.717, 1.165) is 4.68 Å². The molecule has 0 bridgehead atoms. The van der Waals surface area contributed by atoms with E-state index in [1.54, 1.807) is 13.0 Å². The molecule has 0 atom stereocenters. The van der Waals surface area contributed by atoms with E-state index in [0.29, 0.717) is 5.69 Å². The first kappa shape index (κ1) is 14.6. The van der Waals surface area contributed by atoms with Crippen LogP contribution in [0.1, 0.15) is 11.3 Å². The monoisotopic (exact) mass is 292 g/mol. The molecule has 21 heavy (non-hydrogen) atoms. The van der Waals surface area contributed by atoms with Gasteiger partial charge in [0.1, 0.15) is 18.1 Å². The molecule has 0 radical (unpaired) electrons. The molecule has 2 aromatic rings. The van der Waals surface area contributed by atoms with Crippen LogP contribution in [0.3, 0.4) is 0 Å². The van der Waals surface area contributed by atoms with Crippen molar-refractivity contribution in [2.24, 2.45) is 5.18 Å². The number of nitrogens with one attached hydrogen (secondary N) is 1. The minimum Gasteiger partial charge on any atom is -0.437 e. The number of carbonyl (C=O) groups excluding carboxylic acids is 1. The first-order valence-corrected chi connectivity index (χ1v) is 6.08. The standard InChI is InChI=1S/C13H13FN4O3/c1-8-5-12(16-18(8)13(19)15-2)21-11-4-3-10(17-20)6-9(11)7-14/h3-6H,7H2,1-2H3,(H,15,19). The average molecular weight is 292 g/mol. The number of benzene rings is 1. The van der Waals surface area contributed by atoms with Crippen molar-refractivity contribution in [2.75, 3.05) is 7.05 Å². The fourth-order valence-electron chi connectivity index (χ4n) is 1.75. The highest BCUT2D eigenvalue weighted by molar-refractivity contribution is 5.76. The summed E-state index contributed by atoms with van der Waals surface area (Å²) in [5.41, 5.74) is 0.860. The van der Waals surface area contributed by atoms with E-state index in [-0.39, 0.29) is 22.9 Å². The molecule has 0 unspecified atom stereocenters. The van der Waals surface area contributed by atoms with Crippen LogP contribution < -0.4 is 10.1 Å². The Labute approximate surface area is 119 Å². The Morgan fingerprint density at radius 2 is 2.24 bits per heavy atom. The molecule has 1 aromatic carbocycles. The van der Waals surface area contributed by atoms with Crippen LogP contribution in [0.2, 0.25) is 0 Å². The zero-order valence-corrected chi connectivity index (χ0v) is 11.5. The molecule has 1 amide bonds. The molecular formula is C13H13FN4O3. The second kappa shape index (κ2) is 6.12. The van der Waals surface area contributed by atoms with Crippen molar-refractivity contribution in [2.45, 2.75) is 13.6 Å². The molecule has 0 aliphatic carbocycles. The lowest BCUT2D eigenvalue weighted by atomic mass is 10.2. The highest BCUT2D eigenvalue weighted by Gasteiger charge is 2.13. The van der Waals surface area contributed by atoms with Crippen molar-refractivity contribution < 1.29 is 13.9 Å². The van der Waals surface area contributed by atoms with Crippen LogP contribution in [0, 0.1) is 11.8 Å². The summed E-state index contributed by atoms with van der Waals surface area (Å²) in [6.45, 7) is 0.873. The SMILES string of the molecule is CNC(=O)n1nc(Oc2ccc(N=O)cc2CF)cc1C. The summed E-state index contributed by atoms with van der Waals surface area (Å²) in [4.78, 5) is 22.0. The van der Waals surface area contributed by atoms with E-state index in [1.165, 1.54) is 25.2 Å². The van der Waals surface area contributed by atoms with Crippen molar-refractivity contribution in [3.05, 3.63) is 40.4 Å². The van der Waals surface area contributed by atoms with Gasteiger partial charge in [0.25, 0.3) is 0 Å². The third-order valence-electron chi connectivity index (χ3n) is 2.78. The predicted octanol–water partition coefficient (Wildman–Crippen LogP) is 3.04. The molecule has 0 saturated carbocycles. The third-order valence-corrected chi connectivity index (χ3v) is 2.78. The lowest BCUT2D eigenvalue weighted by Crippen LogP contribution is -2.26. The number of nitroso groups, excluding NO2 is 1. The van der Waals surface area contributed by atoms with Crippen molar-refractivity contribution in [3.63, 3.8) is 0 Å². The molecule has 0 spiro atoms. The van der Waals surface area contributed by atoms with E-state index in [1.807, 2.05) is 0 Å². The smallest absolute Gasteiger partial charge is 0.342 e. The lowest BCUT2D eigenvalue weighted by molar-refractivity contribution is 0.240. The van der Waals surface area contributed by atoms with Crippen LogP contribution in [0.15, 0.2) is 29.4 Å². The highest BCUT2D eigenvalue weighted by Crippen LogP contribution is 2.29. The highest BCUT2D eigenvalue weighted by atomic mass is 19.1. The summed E-state index contributed by atoms with van der Waals surface area (Å²) >= 11 is 0. The number of carbonyl (C=O) groups is 1. The Morgan fingerprint density at radius 1 is 1.48 bits per heavy atom. The number of aryl methyl sites for hydroxylation is 1. The lowest BCUT2D eigenvalue weighted by Gasteiger charge is -2.06. The first-order chi connectivity index (χ1) is 10.1. The number of ether oxygens (including phenoxy) is 1. The van der Waals surface area contributed by atoms with Gasteiger partial charge in [-0.3, -0.25) is 0 Å². The predicted molar refractivity (Wildman–Crippen MR) is 73.6 cm³/mol. The molecule has 1 N–H and O–H groups in total. The van der Waals surface area contributed by atoms with Crippen LogP contribution in [-0.4, -0.2) is 22.9 Å². The van der Waals surface area contributed by atoms with Gasteiger partial charge in [-0.25, -0.2) is 9.18 Å². The third kappa shape index (κ3) is 3.04. The zero-order chi connectivity index (χ0) is 15.4. The minimum atomic E-state index is -0.812. The molecule has 0 fully saturated rings. The molecule has 7 nitrogen and oxygen atoms in total. The molecule has 0 aliphatic heterocycles. The second-order valence-electron chi connectivity index (χ2n) is 4.21. The van der Waals surface area contributed by atoms with Crippen LogP contribution in [-0.2, 0) is 6.67 Å².